The highest BCUT2D eigenvalue weighted by Gasteiger charge is 2.27. The van der Waals surface area contributed by atoms with E-state index in [2.05, 4.69) is 10.3 Å². The van der Waals surface area contributed by atoms with Gasteiger partial charge in [-0.25, -0.2) is 4.68 Å². The summed E-state index contributed by atoms with van der Waals surface area (Å²) >= 11 is 0. The van der Waals surface area contributed by atoms with Gasteiger partial charge in [0.05, 0.1) is 17.9 Å². The number of likely N-dealkylation sites (tertiary alicyclic amines) is 1. The van der Waals surface area contributed by atoms with Gasteiger partial charge in [-0.2, -0.15) is 0 Å². The molecule has 1 saturated heterocycles. The van der Waals surface area contributed by atoms with Crippen molar-refractivity contribution in [2.75, 3.05) is 13.1 Å². The molecule has 16 heavy (non-hydrogen) atoms. The molecule has 0 saturated carbocycles. The van der Waals surface area contributed by atoms with Gasteiger partial charge in [0.25, 0.3) is 0 Å². The molecule has 0 unspecified atom stereocenters. The summed E-state index contributed by atoms with van der Waals surface area (Å²) in [5, 5.41) is 7.99. The summed E-state index contributed by atoms with van der Waals surface area (Å²) in [4.78, 5) is 13.4. The Morgan fingerprint density at radius 2 is 2.50 bits per heavy atom. The Hall–Kier alpha value is -1.43. The summed E-state index contributed by atoms with van der Waals surface area (Å²) in [6, 6.07) is 0.253. The highest BCUT2D eigenvalue weighted by Crippen LogP contribution is 2.21. The van der Waals surface area contributed by atoms with Crippen molar-refractivity contribution in [3.8, 4) is 0 Å². The fourth-order valence-electron chi connectivity index (χ4n) is 1.99. The zero-order chi connectivity index (χ0) is 11.5. The number of carbonyl (C=O) groups is 1. The van der Waals surface area contributed by atoms with E-state index >= 15 is 0 Å². The minimum absolute atomic E-state index is 0.210. The molecule has 0 radical (unpaired) electrons. The molecule has 1 atom stereocenters. The predicted molar refractivity (Wildman–Crippen MR) is 58.4 cm³/mol. The first-order chi connectivity index (χ1) is 7.74. The summed E-state index contributed by atoms with van der Waals surface area (Å²) in [5.41, 5.74) is 6.27. The maximum Gasteiger partial charge on any atom is 0.222 e. The first kappa shape index (κ1) is 11.1. The van der Waals surface area contributed by atoms with Crippen LogP contribution in [0.2, 0.25) is 0 Å². The van der Waals surface area contributed by atoms with Gasteiger partial charge in [0.15, 0.2) is 0 Å². The maximum atomic E-state index is 11.5. The lowest BCUT2D eigenvalue weighted by Gasteiger charge is -2.15. The number of nitrogens with zero attached hydrogens (tertiary/aromatic N) is 4. The number of aromatic nitrogens is 3. The third kappa shape index (κ3) is 2.06. The highest BCUT2D eigenvalue weighted by molar-refractivity contribution is 5.76. The molecule has 2 heterocycles. The first-order valence-electron chi connectivity index (χ1n) is 5.63. The highest BCUT2D eigenvalue weighted by atomic mass is 16.2. The van der Waals surface area contributed by atoms with Crippen LogP contribution in [-0.4, -0.2) is 38.9 Å². The Kier molecular flexibility index (Phi) is 3.19. The molecule has 0 aliphatic carbocycles. The van der Waals surface area contributed by atoms with Crippen molar-refractivity contribution in [3.05, 3.63) is 11.9 Å². The molecule has 1 amide bonds. The average Bonchev–Trinajstić information content (AvgIpc) is 2.95. The van der Waals surface area contributed by atoms with Crippen LogP contribution in [0.3, 0.4) is 0 Å². The molecule has 6 heteroatoms. The van der Waals surface area contributed by atoms with Gasteiger partial charge >= 0.3 is 0 Å². The molecular formula is C10H17N5O. The SMILES string of the molecule is CCC(=O)N1CC[C@H](n2cc(CN)nn2)C1. The van der Waals surface area contributed by atoms with Crippen molar-refractivity contribution in [1.82, 2.24) is 19.9 Å². The van der Waals surface area contributed by atoms with Crippen molar-refractivity contribution in [2.45, 2.75) is 32.4 Å². The first-order valence-corrected chi connectivity index (χ1v) is 5.63. The van der Waals surface area contributed by atoms with E-state index in [1.54, 1.807) is 0 Å². The Morgan fingerprint density at radius 3 is 3.12 bits per heavy atom. The molecule has 1 aliphatic rings. The number of rotatable bonds is 3. The second-order valence-electron chi connectivity index (χ2n) is 4.03. The van der Waals surface area contributed by atoms with E-state index in [1.165, 1.54) is 0 Å². The fourth-order valence-corrected chi connectivity index (χ4v) is 1.99. The van der Waals surface area contributed by atoms with Crippen LogP contribution in [0.15, 0.2) is 6.20 Å². The van der Waals surface area contributed by atoms with E-state index < -0.39 is 0 Å². The molecule has 1 aromatic heterocycles. The number of nitrogens with two attached hydrogens (primary N) is 1. The molecule has 1 fully saturated rings. The lowest BCUT2D eigenvalue weighted by Crippen LogP contribution is -2.28. The van der Waals surface area contributed by atoms with Gasteiger partial charge in [-0.1, -0.05) is 12.1 Å². The molecule has 2 rings (SSSR count). The second-order valence-corrected chi connectivity index (χ2v) is 4.03. The fraction of sp³-hybridized carbons (Fsp3) is 0.700. The molecule has 0 aromatic carbocycles. The number of amides is 1. The topological polar surface area (TPSA) is 77.0 Å². The Morgan fingerprint density at radius 1 is 1.69 bits per heavy atom. The quantitative estimate of drug-likeness (QED) is 0.777. The summed E-state index contributed by atoms with van der Waals surface area (Å²) < 4.78 is 1.82. The van der Waals surface area contributed by atoms with E-state index in [0.717, 1.165) is 25.2 Å². The molecule has 0 spiro atoms. The third-order valence-corrected chi connectivity index (χ3v) is 2.96. The normalized spacial score (nSPS) is 20.4. The minimum atomic E-state index is 0.210. The van der Waals surface area contributed by atoms with Crippen molar-refractivity contribution in [1.29, 1.82) is 0 Å². The molecule has 88 valence electrons. The second kappa shape index (κ2) is 4.61. The van der Waals surface area contributed by atoms with Crippen molar-refractivity contribution in [2.24, 2.45) is 5.73 Å². The standard InChI is InChI=1S/C10H17N5O/c1-2-10(16)14-4-3-9(7-14)15-6-8(5-11)12-13-15/h6,9H,2-5,7,11H2,1H3/t9-/m0/s1. The van der Waals surface area contributed by atoms with Gasteiger partial charge in [-0.3, -0.25) is 4.79 Å². The van der Waals surface area contributed by atoms with Gasteiger partial charge in [0, 0.05) is 26.1 Å². The lowest BCUT2D eigenvalue weighted by atomic mass is 10.3. The van der Waals surface area contributed by atoms with Crippen LogP contribution >= 0.6 is 0 Å². The maximum absolute atomic E-state index is 11.5. The average molecular weight is 223 g/mol. The largest absolute Gasteiger partial charge is 0.340 e. The molecule has 1 aromatic rings. The van der Waals surface area contributed by atoms with Crippen LogP contribution < -0.4 is 5.73 Å². The van der Waals surface area contributed by atoms with Gasteiger partial charge in [-0.05, 0) is 6.42 Å². The zero-order valence-electron chi connectivity index (χ0n) is 9.46. The number of carbonyl (C=O) groups excluding carboxylic acids is 1. The van der Waals surface area contributed by atoms with E-state index in [9.17, 15) is 4.79 Å². The molecule has 6 nitrogen and oxygen atoms in total. The van der Waals surface area contributed by atoms with Gasteiger partial charge in [0.2, 0.25) is 5.91 Å². The Bertz CT molecular complexity index is 375. The smallest absolute Gasteiger partial charge is 0.222 e. The molecule has 2 N–H and O–H groups in total. The van der Waals surface area contributed by atoms with Crippen LogP contribution in [0.1, 0.15) is 31.5 Å². The van der Waals surface area contributed by atoms with E-state index in [1.807, 2.05) is 22.7 Å². The van der Waals surface area contributed by atoms with Crippen LogP contribution in [-0.2, 0) is 11.3 Å². The van der Waals surface area contributed by atoms with Gasteiger partial charge in [-0.15, -0.1) is 5.10 Å². The Labute approximate surface area is 94.4 Å². The summed E-state index contributed by atoms with van der Waals surface area (Å²) in [5.74, 6) is 0.210. The van der Waals surface area contributed by atoms with Crippen molar-refractivity contribution < 1.29 is 4.79 Å². The van der Waals surface area contributed by atoms with Crippen LogP contribution in [0, 0.1) is 0 Å². The van der Waals surface area contributed by atoms with Gasteiger partial charge in [0.1, 0.15) is 0 Å². The molecular weight excluding hydrogens is 206 g/mol. The number of hydrogen-bond donors (Lipinski definition) is 1. The van der Waals surface area contributed by atoms with E-state index in [0.29, 0.717) is 13.0 Å². The summed E-state index contributed by atoms with van der Waals surface area (Å²) in [7, 11) is 0. The van der Waals surface area contributed by atoms with Crippen LogP contribution in [0.4, 0.5) is 0 Å². The van der Waals surface area contributed by atoms with E-state index in [4.69, 9.17) is 5.73 Å². The zero-order valence-corrected chi connectivity index (χ0v) is 9.46. The molecule has 0 bridgehead atoms. The molecule has 1 aliphatic heterocycles. The van der Waals surface area contributed by atoms with Crippen molar-refractivity contribution >= 4 is 5.91 Å². The van der Waals surface area contributed by atoms with Gasteiger partial charge < -0.3 is 10.6 Å². The predicted octanol–water partition coefficient (Wildman–Crippen LogP) is -0.0798. The summed E-state index contributed by atoms with van der Waals surface area (Å²) in [6.07, 6.45) is 3.38. The minimum Gasteiger partial charge on any atom is -0.340 e. The third-order valence-electron chi connectivity index (χ3n) is 2.96. The monoisotopic (exact) mass is 223 g/mol. The van der Waals surface area contributed by atoms with Crippen LogP contribution in [0.25, 0.3) is 0 Å². The lowest BCUT2D eigenvalue weighted by molar-refractivity contribution is -0.129. The van der Waals surface area contributed by atoms with Crippen molar-refractivity contribution in [3.63, 3.8) is 0 Å². The van der Waals surface area contributed by atoms with Crippen LogP contribution in [0.5, 0.6) is 0 Å². The number of hydrogen-bond acceptors (Lipinski definition) is 4. The van der Waals surface area contributed by atoms with E-state index in [-0.39, 0.29) is 11.9 Å². The summed E-state index contributed by atoms with van der Waals surface area (Å²) in [6.45, 7) is 3.84. The Balaban J connectivity index is 2.00.